The molecule has 1 aliphatic carbocycles. The number of furan rings is 1. The summed E-state index contributed by atoms with van der Waals surface area (Å²) in [6.07, 6.45) is -0.965. The van der Waals surface area contributed by atoms with Crippen LogP contribution in [-0.2, 0) is 16.1 Å². The Morgan fingerprint density at radius 2 is 2.20 bits per heavy atom. The standard InChI is InChI=1S/C13H16F3NO3/c14-13(15,16)9-17(6-11-2-1-5-20-11)12(18)8-19-7-10-3-4-10/h1-2,5,10H,3-4,6-9H2. The molecule has 1 amide bonds. The number of amides is 1. The maximum Gasteiger partial charge on any atom is 0.406 e. The monoisotopic (exact) mass is 291 g/mol. The number of hydrogen-bond donors (Lipinski definition) is 0. The lowest BCUT2D eigenvalue weighted by atomic mass is 10.3. The van der Waals surface area contributed by atoms with Crippen LogP contribution < -0.4 is 0 Å². The summed E-state index contributed by atoms with van der Waals surface area (Å²) in [5.41, 5.74) is 0. The minimum atomic E-state index is -4.45. The summed E-state index contributed by atoms with van der Waals surface area (Å²) in [5.74, 6) is 0.0908. The lowest BCUT2D eigenvalue weighted by molar-refractivity contribution is -0.165. The van der Waals surface area contributed by atoms with Gasteiger partial charge in [0.15, 0.2) is 0 Å². The maximum absolute atomic E-state index is 12.5. The minimum Gasteiger partial charge on any atom is -0.467 e. The van der Waals surface area contributed by atoms with Crippen LogP contribution in [0.1, 0.15) is 18.6 Å². The van der Waals surface area contributed by atoms with Crippen LogP contribution in [0.2, 0.25) is 0 Å². The Kier molecular flexibility index (Phi) is 4.69. The van der Waals surface area contributed by atoms with Crippen molar-refractivity contribution >= 4 is 5.91 Å². The van der Waals surface area contributed by atoms with Crippen LogP contribution in [0.3, 0.4) is 0 Å². The number of rotatable bonds is 7. The topological polar surface area (TPSA) is 42.7 Å². The van der Waals surface area contributed by atoms with Crippen molar-refractivity contribution < 1.29 is 27.1 Å². The number of nitrogens with zero attached hydrogens (tertiary/aromatic N) is 1. The summed E-state index contributed by atoms with van der Waals surface area (Å²) < 4.78 is 47.6. The van der Waals surface area contributed by atoms with Gasteiger partial charge in [0.2, 0.25) is 5.91 Å². The van der Waals surface area contributed by atoms with E-state index >= 15 is 0 Å². The molecule has 0 radical (unpaired) electrons. The van der Waals surface area contributed by atoms with E-state index in [9.17, 15) is 18.0 Å². The first-order chi connectivity index (χ1) is 9.44. The van der Waals surface area contributed by atoms with E-state index in [0.29, 0.717) is 23.2 Å². The first kappa shape index (κ1) is 14.9. The van der Waals surface area contributed by atoms with Gasteiger partial charge in [-0.2, -0.15) is 13.2 Å². The van der Waals surface area contributed by atoms with Gasteiger partial charge in [0.25, 0.3) is 0 Å². The first-order valence-electron chi connectivity index (χ1n) is 6.39. The van der Waals surface area contributed by atoms with E-state index in [1.165, 1.54) is 12.3 Å². The van der Waals surface area contributed by atoms with Gasteiger partial charge < -0.3 is 14.1 Å². The van der Waals surface area contributed by atoms with Gasteiger partial charge in [0.1, 0.15) is 18.9 Å². The smallest absolute Gasteiger partial charge is 0.406 e. The van der Waals surface area contributed by atoms with E-state index in [1.807, 2.05) is 0 Å². The molecule has 1 aromatic rings. The summed E-state index contributed by atoms with van der Waals surface area (Å²) in [4.78, 5) is 12.5. The third-order valence-corrected chi connectivity index (χ3v) is 2.93. The molecular weight excluding hydrogens is 275 g/mol. The number of carbonyl (C=O) groups excluding carboxylic acids is 1. The van der Waals surface area contributed by atoms with Crippen molar-refractivity contribution in [2.45, 2.75) is 25.6 Å². The highest BCUT2D eigenvalue weighted by Gasteiger charge is 2.33. The van der Waals surface area contributed by atoms with E-state index in [0.717, 1.165) is 12.8 Å². The van der Waals surface area contributed by atoms with Crippen LogP contribution in [0.4, 0.5) is 13.2 Å². The summed E-state index contributed by atoms with van der Waals surface area (Å²) >= 11 is 0. The summed E-state index contributed by atoms with van der Waals surface area (Å²) in [6, 6.07) is 3.09. The zero-order valence-corrected chi connectivity index (χ0v) is 10.9. The van der Waals surface area contributed by atoms with Gasteiger partial charge in [0.05, 0.1) is 19.4 Å². The molecule has 4 nitrogen and oxygen atoms in total. The van der Waals surface area contributed by atoms with Crippen LogP contribution in [0.5, 0.6) is 0 Å². The normalized spacial score (nSPS) is 15.3. The molecule has 0 aromatic carbocycles. The van der Waals surface area contributed by atoms with Gasteiger partial charge in [-0.05, 0) is 30.9 Å². The molecule has 112 valence electrons. The molecular formula is C13H16F3NO3. The number of hydrogen-bond acceptors (Lipinski definition) is 3. The van der Waals surface area contributed by atoms with Crippen LogP contribution in [0.15, 0.2) is 22.8 Å². The molecule has 0 spiro atoms. The second kappa shape index (κ2) is 6.30. The lowest BCUT2D eigenvalue weighted by Crippen LogP contribution is -2.40. The summed E-state index contributed by atoms with van der Waals surface area (Å²) in [5, 5.41) is 0. The predicted octanol–water partition coefficient (Wildman–Crippen LogP) is 2.60. The fourth-order valence-corrected chi connectivity index (χ4v) is 1.73. The van der Waals surface area contributed by atoms with Gasteiger partial charge in [-0.25, -0.2) is 0 Å². The van der Waals surface area contributed by atoms with E-state index in [-0.39, 0.29) is 13.2 Å². The molecule has 0 N–H and O–H groups in total. The Bertz CT molecular complexity index is 427. The molecule has 0 aliphatic heterocycles. The molecule has 0 atom stereocenters. The van der Waals surface area contributed by atoms with E-state index in [4.69, 9.17) is 9.15 Å². The Balaban J connectivity index is 1.87. The molecule has 20 heavy (non-hydrogen) atoms. The Hall–Kier alpha value is -1.50. The van der Waals surface area contributed by atoms with Gasteiger partial charge in [-0.15, -0.1) is 0 Å². The molecule has 0 saturated heterocycles. The van der Waals surface area contributed by atoms with Gasteiger partial charge in [-0.3, -0.25) is 4.79 Å². The summed E-state index contributed by atoms with van der Waals surface area (Å²) in [6.45, 7) is -1.41. The molecule has 1 aliphatic rings. The highest BCUT2D eigenvalue weighted by atomic mass is 19.4. The van der Waals surface area contributed by atoms with Crippen LogP contribution in [0, 0.1) is 5.92 Å². The van der Waals surface area contributed by atoms with Crippen LogP contribution in [0.25, 0.3) is 0 Å². The molecule has 1 fully saturated rings. The van der Waals surface area contributed by atoms with Crippen molar-refractivity contribution in [2.24, 2.45) is 5.92 Å². The van der Waals surface area contributed by atoms with Crippen LogP contribution >= 0.6 is 0 Å². The highest BCUT2D eigenvalue weighted by Crippen LogP contribution is 2.28. The molecule has 7 heteroatoms. The minimum absolute atomic E-state index is 0.210. The number of alkyl halides is 3. The van der Waals surface area contributed by atoms with Crippen molar-refractivity contribution in [3.8, 4) is 0 Å². The van der Waals surface area contributed by atoms with Crippen molar-refractivity contribution in [2.75, 3.05) is 19.8 Å². The third kappa shape index (κ3) is 5.24. The van der Waals surface area contributed by atoms with Gasteiger partial charge in [0, 0.05) is 0 Å². The number of halogens is 3. The molecule has 2 rings (SSSR count). The van der Waals surface area contributed by atoms with Crippen molar-refractivity contribution in [1.82, 2.24) is 4.90 Å². The quantitative estimate of drug-likeness (QED) is 0.775. The lowest BCUT2D eigenvalue weighted by Gasteiger charge is -2.23. The summed E-state index contributed by atoms with van der Waals surface area (Å²) in [7, 11) is 0. The van der Waals surface area contributed by atoms with Crippen LogP contribution in [-0.4, -0.2) is 36.7 Å². The maximum atomic E-state index is 12.5. The average molecular weight is 291 g/mol. The molecule has 1 heterocycles. The average Bonchev–Trinajstić information content (AvgIpc) is 3.02. The number of carbonyl (C=O) groups is 1. The van der Waals surface area contributed by atoms with E-state index in [2.05, 4.69) is 0 Å². The van der Waals surface area contributed by atoms with Gasteiger partial charge >= 0.3 is 6.18 Å². The fourth-order valence-electron chi connectivity index (χ4n) is 1.73. The van der Waals surface area contributed by atoms with E-state index < -0.39 is 18.6 Å². The molecule has 1 aromatic heterocycles. The second-order valence-electron chi connectivity index (χ2n) is 4.90. The Morgan fingerprint density at radius 3 is 2.75 bits per heavy atom. The SMILES string of the molecule is O=C(COCC1CC1)N(Cc1ccco1)CC(F)(F)F. The Labute approximate surface area is 114 Å². The molecule has 0 unspecified atom stereocenters. The number of ether oxygens (including phenoxy) is 1. The largest absolute Gasteiger partial charge is 0.467 e. The Morgan fingerprint density at radius 1 is 1.45 bits per heavy atom. The zero-order valence-electron chi connectivity index (χ0n) is 10.9. The fraction of sp³-hybridized carbons (Fsp3) is 0.615. The van der Waals surface area contributed by atoms with E-state index in [1.54, 1.807) is 6.07 Å². The molecule has 0 bridgehead atoms. The zero-order chi connectivity index (χ0) is 14.6. The predicted molar refractivity (Wildman–Crippen MR) is 63.7 cm³/mol. The second-order valence-corrected chi connectivity index (χ2v) is 4.90. The van der Waals surface area contributed by atoms with Crippen molar-refractivity contribution in [1.29, 1.82) is 0 Å². The molecule has 1 saturated carbocycles. The highest BCUT2D eigenvalue weighted by molar-refractivity contribution is 5.77. The van der Waals surface area contributed by atoms with Crippen molar-refractivity contribution in [3.05, 3.63) is 24.2 Å². The van der Waals surface area contributed by atoms with Gasteiger partial charge in [-0.1, -0.05) is 0 Å². The van der Waals surface area contributed by atoms with Crippen molar-refractivity contribution in [3.63, 3.8) is 0 Å². The third-order valence-electron chi connectivity index (χ3n) is 2.93. The first-order valence-corrected chi connectivity index (χ1v) is 6.39.